The fraction of sp³-hybridized carbons (Fsp3) is 0.207. The van der Waals surface area contributed by atoms with Gasteiger partial charge in [0.25, 0.3) is 5.91 Å². The first-order valence-corrected chi connectivity index (χ1v) is 11.2. The molecule has 0 saturated carbocycles. The number of rotatable bonds is 3. The zero-order chi connectivity index (χ0) is 23.3. The Kier molecular flexibility index (Phi) is 6.64. The lowest BCUT2D eigenvalue weighted by Crippen LogP contribution is -2.37. The summed E-state index contributed by atoms with van der Waals surface area (Å²) in [4.78, 5) is 21.5. The van der Waals surface area contributed by atoms with Crippen LogP contribution in [-0.2, 0) is 6.42 Å². The normalized spacial score (nSPS) is 13.1. The van der Waals surface area contributed by atoms with Crippen molar-refractivity contribution in [1.29, 1.82) is 0 Å². The third kappa shape index (κ3) is 5.17. The summed E-state index contributed by atoms with van der Waals surface area (Å²) in [6.45, 7) is 6.36. The molecule has 1 atom stereocenters. The SMILES string of the molecule is CC(C)(C)[C@H](NC(=O)c1ccc2cccc3c2c1C=CC3)c1ccccn1.c1ccncc1. The summed E-state index contributed by atoms with van der Waals surface area (Å²) < 4.78 is 0. The van der Waals surface area contributed by atoms with Crippen LogP contribution in [0, 0.1) is 5.41 Å². The second-order valence-corrected chi connectivity index (χ2v) is 9.20. The molecule has 2 aromatic heterocycles. The number of nitrogens with zero attached hydrogens (tertiary/aromatic N) is 2. The van der Waals surface area contributed by atoms with Gasteiger partial charge in [-0.1, -0.05) is 69.3 Å². The molecule has 0 saturated heterocycles. The first kappa shape index (κ1) is 22.4. The molecular formula is C29H29N3O. The van der Waals surface area contributed by atoms with Crippen LogP contribution in [0.5, 0.6) is 0 Å². The summed E-state index contributed by atoms with van der Waals surface area (Å²) >= 11 is 0. The average molecular weight is 436 g/mol. The maximum absolute atomic E-state index is 13.3. The number of allylic oxidation sites excluding steroid dienone is 1. The van der Waals surface area contributed by atoms with Crippen LogP contribution in [0.1, 0.15) is 54.0 Å². The number of pyridine rings is 2. The van der Waals surface area contributed by atoms with Gasteiger partial charge in [-0.15, -0.1) is 0 Å². The van der Waals surface area contributed by atoms with E-state index < -0.39 is 0 Å². The molecule has 0 fully saturated rings. The highest BCUT2D eigenvalue weighted by molar-refractivity contribution is 6.06. The number of benzene rings is 2. The monoisotopic (exact) mass is 435 g/mol. The fourth-order valence-electron chi connectivity index (χ4n) is 4.13. The quantitative estimate of drug-likeness (QED) is 0.405. The van der Waals surface area contributed by atoms with E-state index in [1.54, 1.807) is 18.6 Å². The van der Waals surface area contributed by atoms with E-state index >= 15 is 0 Å². The van der Waals surface area contributed by atoms with E-state index in [0.717, 1.165) is 23.2 Å². The van der Waals surface area contributed by atoms with Gasteiger partial charge in [0.1, 0.15) is 0 Å². The number of carbonyl (C=O) groups excluding carboxylic acids is 1. The number of hydrogen-bond acceptors (Lipinski definition) is 3. The van der Waals surface area contributed by atoms with E-state index in [1.165, 1.54) is 16.3 Å². The summed E-state index contributed by atoms with van der Waals surface area (Å²) in [6.07, 6.45) is 10.4. The maximum atomic E-state index is 13.3. The van der Waals surface area contributed by atoms with Crippen LogP contribution in [0.25, 0.3) is 16.8 Å². The van der Waals surface area contributed by atoms with Crippen molar-refractivity contribution in [3.63, 3.8) is 0 Å². The second-order valence-electron chi connectivity index (χ2n) is 9.20. The summed E-state index contributed by atoms with van der Waals surface area (Å²) in [5.41, 5.74) is 3.73. The molecule has 2 aromatic carbocycles. The van der Waals surface area contributed by atoms with E-state index in [0.29, 0.717) is 0 Å². The lowest BCUT2D eigenvalue weighted by molar-refractivity contribution is 0.0899. The first-order chi connectivity index (χ1) is 15.9. The zero-order valence-electron chi connectivity index (χ0n) is 19.3. The van der Waals surface area contributed by atoms with Gasteiger partial charge in [-0.3, -0.25) is 14.8 Å². The third-order valence-electron chi connectivity index (χ3n) is 5.73. The number of amides is 1. The minimum absolute atomic E-state index is 0.0566. The van der Waals surface area contributed by atoms with Gasteiger partial charge in [-0.25, -0.2) is 0 Å². The van der Waals surface area contributed by atoms with Crippen molar-refractivity contribution in [2.45, 2.75) is 33.2 Å². The molecule has 2 heterocycles. The smallest absolute Gasteiger partial charge is 0.252 e. The molecule has 0 aliphatic heterocycles. The molecule has 1 N–H and O–H groups in total. The Hall–Kier alpha value is -3.79. The van der Waals surface area contributed by atoms with Crippen LogP contribution in [0.3, 0.4) is 0 Å². The van der Waals surface area contributed by atoms with Gasteiger partial charge in [-0.05, 0) is 64.1 Å². The Morgan fingerprint density at radius 1 is 0.909 bits per heavy atom. The highest BCUT2D eigenvalue weighted by Crippen LogP contribution is 2.34. The minimum Gasteiger partial charge on any atom is -0.343 e. The predicted octanol–water partition coefficient (Wildman–Crippen LogP) is 6.40. The van der Waals surface area contributed by atoms with E-state index in [1.807, 2.05) is 48.5 Å². The molecule has 0 radical (unpaired) electrons. The highest BCUT2D eigenvalue weighted by Gasteiger charge is 2.30. The van der Waals surface area contributed by atoms with Gasteiger partial charge in [-0.2, -0.15) is 0 Å². The molecular weight excluding hydrogens is 406 g/mol. The van der Waals surface area contributed by atoms with Gasteiger partial charge in [0.15, 0.2) is 0 Å². The van der Waals surface area contributed by atoms with Crippen LogP contribution in [-0.4, -0.2) is 15.9 Å². The Morgan fingerprint density at radius 2 is 1.70 bits per heavy atom. The molecule has 1 amide bonds. The maximum Gasteiger partial charge on any atom is 0.252 e. The van der Waals surface area contributed by atoms with Crippen LogP contribution in [0.4, 0.5) is 0 Å². The summed E-state index contributed by atoms with van der Waals surface area (Å²) in [5, 5.41) is 5.61. The van der Waals surface area contributed by atoms with Crippen LogP contribution in [0.2, 0.25) is 0 Å². The lowest BCUT2D eigenvalue weighted by atomic mass is 9.84. The van der Waals surface area contributed by atoms with Crippen molar-refractivity contribution in [3.05, 3.63) is 114 Å². The average Bonchev–Trinajstić information content (AvgIpc) is 2.84. The third-order valence-corrected chi connectivity index (χ3v) is 5.73. The second kappa shape index (κ2) is 9.78. The Bertz CT molecular complexity index is 1230. The van der Waals surface area contributed by atoms with Gasteiger partial charge in [0.05, 0.1) is 11.7 Å². The molecule has 0 unspecified atom stereocenters. The summed E-state index contributed by atoms with van der Waals surface area (Å²) in [6, 6.07) is 21.7. The van der Waals surface area contributed by atoms with Crippen molar-refractivity contribution in [2.24, 2.45) is 5.41 Å². The van der Waals surface area contributed by atoms with Crippen molar-refractivity contribution < 1.29 is 4.79 Å². The first-order valence-electron chi connectivity index (χ1n) is 11.2. The fourth-order valence-corrected chi connectivity index (χ4v) is 4.13. The largest absolute Gasteiger partial charge is 0.343 e. The minimum atomic E-state index is -0.170. The molecule has 166 valence electrons. The number of nitrogens with one attached hydrogen (secondary N) is 1. The Balaban J connectivity index is 0.000000376. The molecule has 0 spiro atoms. The van der Waals surface area contributed by atoms with E-state index in [4.69, 9.17) is 0 Å². The van der Waals surface area contributed by atoms with Gasteiger partial charge < -0.3 is 5.32 Å². The van der Waals surface area contributed by atoms with E-state index in [9.17, 15) is 4.79 Å². The lowest BCUT2D eigenvalue weighted by Gasteiger charge is -2.31. The predicted molar refractivity (Wildman–Crippen MR) is 135 cm³/mol. The number of hydrogen-bond donors (Lipinski definition) is 1. The molecule has 4 nitrogen and oxygen atoms in total. The zero-order valence-corrected chi connectivity index (χ0v) is 19.3. The standard InChI is InChI=1S/C24H24N2O.C5H5N/c1-24(2,3)22(20-12-4-5-15-25-20)26-23(27)19-14-13-17-9-6-8-16-10-7-11-18(19)21(16)17;1-2-4-6-5-3-1/h4-9,11-15,22H,10H2,1-3H3,(H,26,27);1-5H/t22-;/m1./s1. The van der Waals surface area contributed by atoms with Gasteiger partial charge in [0, 0.05) is 24.2 Å². The molecule has 5 rings (SSSR count). The van der Waals surface area contributed by atoms with E-state index in [-0.39, 0.29) is 17.4 Å². The van der Waals surface area contributed by atoms with Crippen molar-refractivity contribution in [3.8, 4) is 0 Å². The molecule has 4 heteroatoms. The van der Waals surface area contributed by atoms with Crippen molar-refractivity contribution >= 4 is 22.8 Å². The number of carbonyl (C=O) groups is 1. The molecule has 1 aliphatic rings. The van der Waals surface area contributed by atoms with Crippen LogP contribution < -0.4 is 5.32 Å². The Labute approximate surface area is 195 Å². The summed E-state index contributed by atoms with van der Waals surface area (Å²) in [7, 11) is 0. The van der Waals surface area contributed by atoms with Crippen molar-refractivity contribution in [2.75, 3.05) is 0 Å². The van der Waals surface area contributed by atoms with Crippen molar-refractivity contribution in [1.82, 2.24) is 15.3 Å². The molecule has 0 bridgehead atoms. The molecule has 4 aromatic rings. The van der Waals surface area contributed by atoms with Gasteiger partial charge in [0.2, 0.25) is 0 Å². The Morgan fingerprint density at radius 3 is 2.33 bits per heavy atom. The van der Waals surface area contributed by atoms with Gasteiger partial charge >= 0.3 is 0 Å². The highest BCUT2D eigenvalue weighted by atomic mass is 16.1. The topological polar surface area (TPSA) is 54.9 Å². The van der Waals surface area contributed by atoms with Crippen LogP contribution >= 0.6 is 0 Å². The molecule has 33 heavy (non-hydrogen) atoms. The molecule has 1 aliphatic carbocycles. The van der Waals surface area contributed by atoms with Crippen LogP contribution in [0.15, 0.2) is 91.4 Å². The summed E-state index contributed by atoms with van der Waals surface area (Å²) in [5.74, 6) is -0.0566. The van der Waals surface area contributed by atoms with E-state index in [2.05, 4.69) is 66.4 Å². The number of aromatic nitrogens is 2.